The van der Waals surface area contributed by atoms with Gasteiger partial charge >= 0.3 is 0 Å². The van der Waals surface area contributed by atoms with Gasteiger partial charge in [0.1, 0.15) is 17.2 Å². The van der Waals surface area contributed by atoms with E-state index in [4.69, 9.17) is 11.6 Å². The van der Waals surface area contributed by atoms with Crippen molar-refractivity contribution < 1.29 is 0 Å². The molecule has 0 aromatic carbocycles. The number of halogens is 2. The Morgan fingerprint density at radius 3 is 2.79 bits per heavy atom. The summed E-state index contributed by atoms with van der Waals surface area (Å²) >= 11 is 7.93. The standard InChI is InChI=1S/C8H4ClIN4/c9-7-5(10)3-12-8(14-7)6-1-2-11-4-13-6/h1-4H. The third kappa shape index (κ3) is 1.98. The van der Waals surface area contributed by atoms with Crippen LogP contribution in [0.3, 0.4) is 0 Å². The molecule has 2 heterocycles. The highest BCUT2D eigenvalue weighted by Gasteiger charge is 2.05. The molecular formula is C8H4ClIN4. The molecule has 0 fully saturated rings. The van der Waals surface area contributed by atoms with Crippen molar-refractivity contribution in [3.8, 4) is 11.5 Å². The topological polar surface area (TPSA) is 51.6 Å². The van der Waals surface area contributed by atoms with Gasteiger partial charge in [0.2, 0.25) is 0 Å². The summed E-state index contributed by atoms with van der Waals surface area (Å²) in [5.74, 6) is 0.512. The van der Waals surface area contributed by atoms with E-state index in [2.05, 4.69) is 42.5 Å². The van der Waals surface area contributed by atoms with E-state index in [0.29, 0.717) is 16.7 Å². The van der Waals surface area contributed by atoms with Crippen LogP contribution in [0.4, 0.5) is 0 Å². The zero-order valence-corrected chi connectivity index (χ0v) is 9.77. The van der Waals surface area contributed by atoms with Gasteiger partial charge in [-0.05, 0) is 28.7 Å². The van der Waals surface area contributed by atoms with Crippen molar-refractivity contribution in [1.29, 1.82) is 0 Å². The van der Waals surface area contributed by atoms with Crippen LogP contribution in [0, 0.1) is 3.57 Å². The third-order valence-corrected chi connectivity index (χ3v) is 2.91. The highest BCUT2D eigenvalue weighted by molar-refractivity contribution is 14.1. The van der Waals surface area contributed by atoms with Crippen molar-refractivity contribution in [2.45, 2.75) is 0 Å². The van der Waals surface area contributed by atoms with Crippen molar-refractivity contribution in [2.24, 2.45) is 0 Å². The van der Waals surface area contributed by atoms with E-state index in [1.165, 1.54) is 6.33 Å². The highest BCUT2D eigenvalue weighted by atomic mass is 127. The maximum Gasteiger partial charge on any atom is 0.179 e. The van der Waals surface area contributed by atoms with Crippen molar-refractivity contribution in [3.05, 3.63) is 33.5 Å². The van der Waals surface area contributed by atoms with E-state index < -0.39 is 0 Å². The first-order chi connectivity index (χ1) is 6.77. The van der Waals surface area contributed by atoms with Crippen molar-refractivity contribution >= 4 is 34.2 Å². The van der Waals surface area contributed by atoms with E-state index in [-0.39, 0.29) is 0 Å². The van der Waals surface area contributed by atoms with Gasteiger partial charge in [0.25, 0.3) is 0 Å². The zero-order valence-electron chi connectivity index (χ0n) is 6.85. The largest absolute Gasteiger partial charge is 0.245 e. The number of nitrogens with zero attached hydrogens (tertiary/aromatic N) is 4. The Bertz CT molecular complexity index is 448. The highest BCUT2D eigenvalue weighted by Crippen LogP contribution is 2.18. The molecule has 2 rings (SSSR count). The summed E-state index contributed by atoms with van der Waals surface area (Å²) in [5, 5.41) is 0.439. The molecule has 2 aromatic rings. The Labute approximate surface area is 98.9 Å². The van der Waals surface area contributed by atoms with Crippen LogP contribution in [0.1, 0.15) is 0 Å². The van der Waals surface area contributed by atoms with Crippen LogP contribution in [0.25, 0.3) is 11.5 Å². The van der Waals surface area contributed by atoms with Crippen LogP contribution in [0.15, 0.2) is 24.8 Å². The minimum Gasteiger partial charge on any atom is -0.245 e. The smallest absolute Gasteiger partial charge is 0.179 e. The maximum absolute atomic E-state index is 5.86. The Hall–Kier alpha value is -0.820. The second-order valence-electron chi connectivity index (χ2n) is 2.43. The van der Waals surface area contributed by atoms with E-state index in [1.54, 1.807) is 18.5 Å². The average molecular weight is 319 g/mol. The molecular weight excluding hydrogens is 314 g/mol. The number of hydrogen-bond donors (Lipinski definition) is 0. The molecule has 0 aliphatic rings. The lowest BCUT2D eigenvalue weighted by Crippen LogP contribution is -1.93. The normalized spacial score (nSPS) is 10.1. The Morgan fingerprint density at radius 2 is 2.14 bits per heavy atom. The summed E-state index contributed by atoms with van der Waals surface area (Å²) in [5.41, 5.74) is 0.665. The third-order valence-electron chi connectivity index (χ3n) is 1.51. The molecule has 0 aliphatic carbocycles. The predicted molar refractivity (Wildman–Crippen MR) is 60.8 cm³/mol. The fourth-order valence-corrected chi connectivity index (χ4v) is 1.28. The van der Waals surface area contributed by atoms with Gasteiger partial charge in [0.15, 0.2) is 5.82 Å². The molecule has 0 N–H and O–H groups in total. The minimum atomic E-state index is 0.439. The average Bonchev–Trinajstić information content (AvgIpc) is 2.23. The van der Waals surface area contributed by atoms with Gasteiger partial charge in [-0.2, -0.15) is 0 Å². The molecule has 0 bridgehead atoms. The Balaban J connectivity index is 2.48. The number of hydrogen-bond acceptors (Lipinski definition) is 4. The summed E-state index contributed by atoms with van der Waals surface area (Å²) in [6.45, 7) is 0. The van der Waals surface area contributed by atoms with Gasteiger partial charge in [0, 0.05) is 12.4 Å². The minimum absolute atomic E-state index is 0.439. The summed E-state index contributed by atoms with van der Waals surface area (Å²) in [7, 11) is 0. The number of rotatable bonds is 1. The lowest BCUT2D eigenvalue weighted by Gasteiger charge is -1.99. The van der Waals surface area contributed by atoms with Crippen LogP contribution < -0.4 is 0 Å². The van der Waals surface area contributed by atoms with E-state index in [9.17, 15) is 0 Å². The first-order valence-electron chi connectivity index (χ1n) is 3.72. The molecule has 0 unspecified atom stereocenters. The Morgan fingerprint density at radius 1 is 1.29 bits per heavy atom. The van der Waals surface area contributed by atoms with Crippen LogP contribution in [-0.2, 0) is 0 Å². The summed E-state index contributed by atoms with van der Waals surface area (Å²) in [4.78, 5) is 16.0. The molecule has 2 aromatic heterocycles. The van der Waals surface area contributed by atoms with Crippen LogP contribution >= 0.6 is 34.2 Å². The second-order valence-corrected chi connectivity index (χ2v) is 3.95. The monoisotopic (exact) mass is 318 g/mol. The Kier molecular flexibility index (Phi) is 2.87. The predicted octanol–water partition coefficient (Wildman–Crippen LogP) is 2.19. The van der Waals surface area contributed by atoms with Crippen LogP contribution in [-0.4, -0.2) is 19.9 Å². The fourth-order valence-electron chi connectivity index (χ4n) is 0.893. The fraction of sp³-hybridized carbons (Fsp3) is 0. The molecule has 14 heavy (non-hydrogen) atoms. The van der Waals surface area contributed by atoms with Gasteiger partial charge in [-0.1, -0.05) is 11.6 Å². The zero-order chi connectivity index (χ0) is 9.97. The molecule has 0 amide bonds. The molecule has 0 saturated carbocycles. The SMILES string of the molecule is Clc1nc(-c2ccncn2)ncc1I. The molecule has 0 aliphatic heterocycles. The molecule has 0 saturated heterocycles. The molecule has 4 nitrogen and oxygen atoms in total. The summed E-state index contributed by atoms with van der Waals surface area (Å²) in [6.07, 6.45) is 4.75. The lowest BCUT2D eigenvalue weighted by molar-refractivity contribution is 1.10. The first-order valence-corrected chi connectivity index (χ1v) is 5.17. The van der Waals surface area contributed by atoms with Crippen molar-refractivity contribution in [2.75, 3.05) is 0 Å². The number of aromatic nitrogens is 4. The van der Waals surface area contributed by atoms with E-state index in [1.807, 2.05) is 0 Å². The molecule has 6 heteroatoms. The van der Waals surface area contributed by atoms with Gasteiger partial charge in [0.05, 0.1) is 3.57 Å². The molecule has 70 valence electrons. The first kappa shape index (κ1) is 9.72. The molecule has 0 spiro atoms. The molecule has 0 atom stereocenters. The van der Waals surface area contributed by atoms with Gasteiger partial charge in [-0.3, -0.25) is 0 Å². The summed E-state index contributed by atoms with van der Waals surface area (Å²) < 4.78 is 0.821. The van der Waals surface area contributed by atoms with Crippen LogP contribution in [0.2, 0.25) is 5.15 Å². The van der Waals surface area contributed by atoms with Gasteiger partial charge in [-0.15, -0.1) is 0 Å². The van der Waals surface area contributed by atoms with E-state index in [0.717, 1.165) is 3.57 Å². The summed E-state index contributed by atoms with van der Waals surface area (Å²) in [6, 6.07) is 1.73. The van der Waals surface area contributed by atoms with E-state index >= 15 is 0 Å². The molecule has 0 radical (unpaired) electrons. The second kappa shape index (κ2) is 4.14. The maximum atomic E-state index is 5.86. The van der Waals surface area contributed by atoms with Crippen LogP contribution in [0.5, 0.6) is 0 Å². The lowest BCUT2D eigenvalue weighted by atomic mass is 10.4. The van der Waals surface area contributed by atoms with Crippen molar-refractivity contribution in [3.63, 3.8) is 0 Å². The van der Waals surface area contributed by atoms with Gasteiger partial charge < -0.3 is 0 Å². The van der Waals surface area contributed by atoms with Crippen molar-refractivity contribution in [1.82, 2.24) is 19.9 Å². The quantitative estimate of drug-likeness (QED) is 0.597. The van der Waals surface area contributed by atoms with Gasteiger partial charge in [-0.25, -0.2) is 19.9 Å².